The van der Waals surface area contributed by atoms with E-state index >= 15 is 0 Å². The van der Waals surface area contributed by atoms with Crippen molar-refractivity contribution in [3.05, 3.63) is 70.0 Å². The zero-order valence-corrected chi connectivity index (χ0v) is 23.0. The number of nitrogens with zero attached hydrogens (tertiary/aromatic N) is 4. The number of rotatable bonds is 11. The van der Waals surface area contributed by atoms with Crippen LogP contribution in [0, 0.1) is 0 Å². The summed E-state index contributed by atoms with van der Waals surface area (Å²) in [6.45, 7) is 8.86. The average molecular weight is 555 g/mol. The third-order valence-electron chi connectivity index (χ3n) is 7.03. The fraction of sp³-hybridized carbons (Fsp3) is 0.448. The van der Waals surface area contributed by atoms with Gasteiger partial charge in [-0.05, 0) is 41.8 Å². The summed E-state index contributed by atoms with van der Waals surface area (Å²) in [5.74, 6) is 1.48. The maximum Gasteiger partial charge on any atom is 0.335 e. The summed E-state index contributed by atoms with van der Waals surface area (Å²) in [6, 6.07) is 13.1. The molecule has 0 radical (unpaired) electrons. The van der Waals surface area contributed by atoms with Crippen LogP contribution in [0.4, 0.5) is 5.95 Å². The number of carboxylic acid groups (broad SMARTS) is 1. The van der Waals surface area contributed by atoms with Gasteiger partial charge in [0.05, 0.1) is 24.5 Å². The normalized spacial score (nSPS) is 15.1. The highest BCUT2D eigenvalue weighted by Gasteiger charge is 2.24. The number of imidazole rings is 1. The molecule has 3 aromatic rings. The highest BCUT2D eigenvalue weighted by molar-refractivity contribution is 6.30. The number of hydrogen-bond acceptors (Lipinski definition) is 7. The number of ether oxygens (including phenoxy) is 3. The van der Waals surface area contributed by atoms with Crippen molar-refractivity contribution in [2.24, 2.45) is 0 Å². The van der Waals surface area contributed by atoms with Crippen LogP contribution in [0.3, 0.4) is 0 Å². The van der Waals surface area contributed by atoms with Gasteiger partial charge in [-0.25, -0.2) is 9.78 Å². The van der Waals surface area contributed by atoms with Crippen molar-refractivity contribution in [1.82, 2.24) is 14.5 Å². The Morgan fingerprint density at radius 2 is 1.67 bits per heavy atom. The number of anilines is 1. The largest absolute Gasteiger partial charge is 0.486 e. The van der Waals surface area contributed by atoms with E-state index in [1.54, 1.807) is 12.1 Å². The maximum atomic E-state index is 11.4. The molecule has 9 nitrogen and oxygen atoms in total. The van der Waals surface area contributed by atoms with Gasteiger partial charge in [0.1, 0.15) is 13.2 Å². The van der Waals surface area contributed by atoms with Gasteiger partial charge in [0, 0.05) is 39.3 Å². The van der Waals surface area contributed by atoms with Crippen LogP contribution < -0.4 is 14.4 Å². The van der Waals surface area contributed by atoms with Crippen molar-refractivity contribution in [2.45, 2.75) is 45.9 Å². The number of carbonyl (C=O) groups is 1. The molecule has 0 saturated carbocycles. The fourth-order valence-electron chi connectivity index (χ4n) is 4.99. The molecule has 1 N–H and O–H groups in total. The lowest BCUT2D eigenvalue weighted by Gasteiger charge is -2.29. The molecule has 3 heterocycles. The first kappa shape index (κ1) is 27.3. The number of hydrogen-bond donors (Lipinski definition) is 1. The number of aromatic carboxylic acids is 1. The van der Waals surface area contributed by atoms with Crippen LogP contribution in [-0.4, -0.2) is 65.0 Å². The third kappa shape index (κ3) is 6.66. The molecule has 2 aromatic carbocycles. The molecule has 208 valence electrons. The Hall–Kier alpha value is -3.27. The molecule has 0 bridgehead atoms. The molecule has 0 spiro atoms. The van der Waals surface area contributed by atoms with E-state index in [0.717, 1.165) is 66.7 Å². The van der Waals surface area contributed by atoms with E-state index in [-0.39, 0.29) is 5.56 Å². The van der Waals surface area contributed by atoms with Gasteiger partial charge in [0.2, 0.25) is 5.95 Å². The summed E-state index contributed by atoms with van der Waals surface area (Å²) in [4.78, 5) is 20.7. The highest BCUT2D eigenvalue weighted by Crippen LogP contribution is 2.32. The van der Waals surface area contributed by atoms with Crippen molar-refractivity contribution in [3.63, 3.8) is 0 Å². The van der Waals surface area contributed by atoms with Crippen LogP contribution in [0.25, 0.3) is 0 Å². The summed E-state index contributed by atoms with van der Waals surface area (Å²) >= 11 is 6.83. The smallest absolute Gasteiger partial charge is 0.335 e. The first-order valence-corrected chi connectivity index (χ1v) is 13.9. The van der Waals surface area contributed by atoms with E-state index in [1.807, 2.05) is 24.3 Å². The number of aromatic nitrogens is 2. The molecule has 0 atom stereocenters. The number of carboxylic acids is 1. The Labute approximate surface area is 233 Å². The lowest BCUT2D eigenvalue weighted by molar-refractivity contribution is 0.0697. The zero-order valence-electron chi connectivity index (χ0n) is 22.3. The van der Waals surface area contributed by atoms with E-state index in [2.05, 4.69) is 27.4 Å². The molecule has 1 aromatic heterocycles. The van der Waals surface area contributed by atoms with E-state index < -0.39 is 5.97 Å². The molecular formula is C29H35ClN4O5. The SMILES string of the molecule is CCCCn1c(N2CCOCC2)nc(Cl)c1CN(Cc1ccc(C(=O)O)cc1)Cc1ccc2c(c1)OCCO2. The standard InChI is InChI=1S/C29H35ClN4O5/c1-2-3-10-34-24(27(30)31-29(34)33-11-13-37-14-12-33)20-32(18-21-4-7-23(8-5-21)28(35)36)19-22-6-9-25-26(17-22)39-16-15-38-25/h4-9,17H,2-3,10-16,18-20H2,1H3,(H,35,36). The van der Waals surface area contributed by atoms with Gasteiger partial charge in [0.25, 0.3) is 0 Å². The Bertz CT molecular complexity index is 1270. The first-order valence-electron chi connectivity index (χ1n) is 13.5. The van der Waals surface area contributed by atoms with Crippen molar-refractivity contribution < 1.29 is 24.1 Å². The second-order valence-electron chi connectivity index (χ2n) is 9.88. The van der Waals surface area contributed by atoms with Gasteiger partial charge in [-0.15, -0.1) is 0 Å². The monoisotopic (exact) mass is 554 g/mol. The Balaban J connectivity index is 1.45. The molecule has 5 rings (SSSR count). The van der Waals surface area contributed by atoms with Crippen molar-refractivity contribution in [2.75, 3.05) is 44.4 Å². The number of morpholine rings is 1. The minimum absolute atomic E-state index is 0.271. The quantitative estimate of drug-likeness (QED) is 0.360. The Kier molecular flexibility index (Phi) is 8.91. The molecule has 2 aliphatic rings. The molecule has 39 heavy (non-hydrogen) atoms. The van der Waals surface area contributed by atoms with Crippen molar-refractivity contribution >= 4 is 23.5 Å². The van der Waals surface area contributed by atoms with Crippen molar-refractivity contribution in [3.8, 4) is 11.5 Å². The topological polar surface area (TPSA) is 89.3 Å². The summed E-state index contributed by atoms with van der Waals surface area (Å²) in [5.41, 5.74) is 3.35. The van der Waals surface area contributed by atoms with Crippen LogP contribution in [0.15, 0.2) is 42.5 Å². The van der Waals surface area contributed by atoms with Gasteiger partial charge in [-0.1, -0.05) is 43.1 Å². The molecule has 0 amide bonds. The van der Waals surface area contributed by atoms with Gasteiger partial charge >= 0.3 is 5.97 Å². The second kappa shape index (κ2) is 12.7. The van der Waals surface area contributed by atoms with Crippen LogP contribution >= 0.6 is 11.6 Å². The fourth-order valence-corrected chi connectivity index (χ4v) is 5.22. The lowest BCUT2D eigenvalue weighted by Crippen LogP contribution is -2.38. The second-order valence-corrected chi connectivity index (χ2v) is 10.2. The van der Waals surface area contributed by atoms with E-state index in [0.29, 0.717) is 51.2 Å². The molecule has 2 aliphatic heterocycles. The summed E-state index contributed by atoms with van der Waals surface area (Å²) < 4.78 is 19.4. The van der Waals surface area contributed by atoms with Gasteiger partial charge in [-0.2, -0.15) is 0 Å². The van der Waals surface area contributed by atoms with Crippen LogP contribution in [0.1, 0.15) is 46.9 Å². The molecule has 1 saturated heterocycles. The molecular weight excluding hydrogens is 520 g/mol. The molecule has 0 aliphatic carbocycles. The predicted octanol–water partition coefficient (Wildman–Crippen LogP) is 4.85. The van der Waals surface area contributed by atoms with E-state index in [9.17, 15) is 9.90 Å². The van der Waals surface area contributed by atoms with Gasteiger partial charge in [-0.3, -0.25) is 4.90 Å². The Morgan fingerprint density at radius 1 is 0.974 bits per heavy atom. The molecule has 1 fully saturated rings. The molecule has 10 heteroatoms. The predicted molar refractivity (Wildman–Crippen MR) is 149 cm³/mol. The van der Waals surface area contributed by atoms with Crippen molar-refractivity contribution in [1.29, 1.82) is 0 Å². The first-order chi connectivity index (χ1) is 19.0. The highest BCUT2D eigenvalue weighted by atomic mass is 35.5. The number of unbranched alkanes of at least 4 members (excludes halogenated alkanes) is 1. The van der Waals surface area contributed by atoms with Gasteiger partial charge < -0.3 is 28.8 Å². The van der Waals surface area contributed by atoms with Crippen LogP contribution in [0.2, 0.25) is 5.15 Å². The number of fused-ring (bicyclic) bond motifs is 1. The molecule has 0 unspecified atom stereocenters. The Morgan fingerprint density at radius 3 is 2.38 bits per heavy atom. The minimum atomic E-state index is -0.933. The average Bonchev–Trinajstić information content (AvgIpc) is 3.27. The van der Waals surface area contributed by atoms with Gasteiger partial charge in [0.15, 0.2) is 16.7 Å². The summed E-state index contributed by atoms with van der Waals surface area (Å²) in [5, 5.41) is 9.83. The van der Waals surface area contributed by atoms with Crippen LogP contribution in [-0.2, 0) is 30.9 Å². The number of halogens is 1. The van der Waals surface area contributed by atoms with E-state index in [4.69, 9.17) is 30.8 Å². The summed E-state index contributed by atoms with van der Waals surface area (Å²) in [7, 11) is 0. The lowest BCUT2D eigenvalue weighted by atomic mass is 10.1. The summed E-state index contributed by atoms with van der Waals surface area (Å²) in [6.07, 6.45) is 2.09. The third-order valence-corrected chi connectivity index (χ3v) is 7.33. The zero-order chi connectivity index (χ0) is 27.2. The van der Waals surface area contributed by atoms with E-state index in [1.165, 1.54) is 0 Å². The minimum Gasteiger partial charge on any atom is -0.486 e. The number of benzene rings is 2. The van der Waals surface area contributed by atoms with Crippen LogP contribution in [0.5, 0.6) is 11.5 Å². The maximum absolute atomic E-state index is 11.4.